The number of nitrogens with two attached hydrogens (primary N) is 1. The van der Waals surface area contributed by atoms with E-state index in [1.165, 1.54) is 28.6 Å². The molecule has 3 rings (SSSR count). The van der Waals surface area contributed by atoms with Crippen LogP contribution < -0.4 is 11.1 Å². The minimum absolute atomic E-state index is 0.0516. The van der Waals surface area contributed by atoms with Gasteiger partial charge in [0.2, 0.25) is 10.0 Å². The van der Waals surface area contributed by atoms with Crippen LogP contribution in [0.1, 0.15) is 58.4 Å². The zero-order valence-corrected chi connectivity index (χ0v) is 27.5. The van der Waals surface area contributed by atoms with Gasteiger partial charge < -0.3 is 30.0 Å². The third-order valence-electron chi connectivity index (χ3n) is 7.33. The first kappa shape index (κ1) is 36.3. The fraction of sp³-hybridized carbons (Fsp3) is 0.576. The second kappa shape index (κ2) is 18.7. The molecule has 0 aromatic heterocycles. The molecule has 11 nitrogen and oxygen atoms in total. The van der Waals surface area contributed by atoms with Crippen molar-refractivity contribution in [2.45, 2.75) is 82.4 Å². The van der Waals surface area contributed by atoms with E-state index in [1.54, 1.807) is 0 Å². The van der Waals surface area contributed by atoms with Crippen LogP contribution in [0.4, 0.5) is 10.5 Å². The number of sulfonamides is 1. The molecule has 1 aliphatic rings. The Bertz CT molecular complexity index is 1270. The van der Waals surface area contributed by atoms with Gasteiger partial charge in [-0.25, -0.2) is 18.0 Å². The number of alkyl carbamates (subject to hydrolysis) is 1. The van der Waals surface area contributed by atoms with E-state index in [4.69, 9.17) is 24.7 Å². The topological polar surface area (TPSA) is 146 Å². The first-order chi connectivity index (χ1) is 21.6. The predicted octanol–water partition coefficient (Wildman–Crippen LogP) is 4.55. The van der Waals surface area contributed by atoms with Crippen molar-refractivity contribution in [3.8, 4) is 0 Å². The number of hydrogen-bond donors (Lipinski definition) is 2. The molecular formula is C33H49N3O8S. The molecule has 0 radical (unpaired) electrons. The fourth-order valence-corrected chi connectivity index (χ4v) is 6.61. The molecule has 0 saturated carbocycles. The van der Waals surface area contributed by atoms with E-state index >= 15 is 0 Å². The number of unbranched alkanes of at least 4 members (excludes halogenated alkanes) is 3. The molecular weight excluding hydrogens is 598 g/mol. The highest BCUT2D eigenvalue weighted by atomic mass is 32.2. The van der Waals surface area contributed by atoms with Crippen molar-refractivity contribution in [1.29, 1.82) is 0 Å². The molecule has 0 bridgehead atoms. The fourth-order valence-electron chi connectivity index (χ4n) is 4.99. The zero-order chi connectivity index (χ0) is 32.7. The quantitative estimate of drug-likeness (QED) is 0.127. The van der Waals surface area contributed by atoms with Crippen LogP contribution in [-0.2, 0) is 40.2 Å². The van der Waals surface area contributed by atoms with Crippen molar-refractivity contribution in [3.05, 3.63) is 60.2 Å². The zero-order valence-electron chi connectivity index (χ0n) is 26.7. The highest BCUT2D eigenvalue weighted by Gasteiger charge is 2.35. The number of carbonyl (C=O) groups excluding carboxylic acids is 2. The van der Waals surface area contributed by atoms with Crippen molar-refractivity contribution in [3.63, 3.8) is 0 Å². The van der Waals surface area contributed by atoms with Crippen molar-refractivity contribution in [1.82, 2.24) is 9.62 Å². The molecule has 45 heavy (non-hydrogen) atoms. The van der Waals surface area contributed by atoms with Crippen LogP contribution in [0, 0.1) is 5.92 Å². The SMILES string of the molecule is CCCCCCOCC(=O)O[C@H](CN(CC(C)C)S(=O)(=O)c1ccc(N)cc1)[C@H](Cc1ccccc1)NC(=O)O[C@H]1CCOC1. The van der Waals surface area contributed by atoms with E-state index in [0.717, 1.165) is 31.2 Å². The summed E-state index contributed by atoms with van der Waals surface area (Å²) in [6, 6.07) is 14.5. The van der Waals surface area contributed by atoms with Gasteiger partial charge in [0.25, 0.3) is 0 Å². The van der Waals surface area contributed by atoms with Gasteiger partial charge in [-0.05, 0) is 48.6 Å². The molecule has 0 aliphatic carbocycles. The third kappa shape index (κ3) is 12.6. The Morgan fingerprint density at radius 2 is 1.78 bits per heavy atom. The summed E-state index contributed by atoms with van der Waals surface area (Å²) < 4.78 is 51.6. The first-order valence-corrected chi connectivity index (χ1v) is 17.2. The summed E-state index contributed by atoms with van der Waals surface area (Å²) in [6.07, 6.45) is 2.65. The molecule has 2 aromatic rings. The number of nitrogen functional groups attached to an aromatic ring is 1. The highest BCUT2D eigenvalue weighted by Crippen LogP contribution is 2.22. The predicted molar refractivity (Wildman–Crippen MR) is 172 cm³/mol. The van der Waals surface area contributed by atoms with Crippen LogP contribution in [0.15, 0.2) is 59.5 Å². The van der Waals surface area contributed by atoms with Gasteiger partial charge in [-0.3, -0.25) is 0 Å². The molecule has 0 spiro atoms. The number of anilines is 1. The summed E-state index contributed by atoms with van der Waals surface area (Å²) in [4.78, 5) is 26.3. The lowest BCUT2D eigenvalue weighted by atomic mass is 10.0. The Hall–Kier alpha value is -3.19. The Kier molecular flexibility index (Phi) is 15.1. The van der Waals surface area contributed by atoms with Crippen LogP contribution in [0.5, 0.6) is 0 Å². The van der Waals surface area contributed by atoms with Crippen LogP contribution >= 0.6 is 0 Å². The molecule has 3 N–H and O–H groups in total. The summed E-state index contributed by atoms with van der Waals surface area (Å²) in [5.74, 6) is -0.702. The van der Waals surface area contributed by atoms with E-state index in [2.05, 4.69) is 12.2 Å². The van der Waals surface area contributed by atoms with E-state index in [9.17, 15) is 18.0 Å². The van der Waals surface area contributed by atoms with Crippen LogP contribution in [0.25, 0.3) is 0 Å². The van der Waals surface area contributed by atoms with Gasteiger partial charge >= 0.3 is 12.1 Å². The van der Waals surface area contributed by atoms with Gasteiger partial charge in [-0.2, -0.15) is 4.31 Å². The lowest BCUT2D eigenvalue weighted by Gasteiger charge is -2.33. The smallest absolute Gasteiger partial charge is 0.407 e. The van der Waals surface area contributed by atoms with Gasteiger partial charge in [0.1, 0.15) is 18.8 Å². The number of benzene rings is 2. The van der Waals surface area contributed by atoms with E-state index in [1.807, 2.05) is 44.2 Å². The molecule has 1 aliphatic heterocycles. The molecule has 0 unspecified atom stereocenters. The minimum atomic E-state index is -4.03. The normalized spacial score (nSPS) is 16.4. The van der Waals surface area contributed by atoms with E-state index in [0.29, 0.717) is 31.9 Å². The summed E-state index contributed by atoms with van der Waals surface area (Å²) in [7, 11) is -4.03. The number of carbonyl (C=O) groups is 2. The number of esters is 1. The maximum absolute atomic E-state index is 13.9. The van der Waals surface area contributed by atoms with Crippen LogP contribution in [0.2, 0.25) is 0 Å². The third-order valence-corrected chi connectivity index (χ3v) is 9.17. The number of ether oxygens (including phenoxy) is 4. The lowest BCUT2D eigenvalue weighted by Crippen LogP contribution is -2.53. The van der Waals surface area contributed by atoms with Gasteiger partial charge in [0, 0.05) is 25.3 Å². The second-order valence-corrected chi connectivity index (χ2v) is 13.7. The maximum Gasteiger partial charge on any atom is 0.407 e. The Labute approximate surface area is 267 Å². The summed E-state index contributed by atoms with van der Waals surface area (Å²) in [5, 5.41) is 2.87. The Morgan fingerprint density at radius 1 is 1.04 bits per heavy atom. The average Bonchev–Trinajstić information content (AvgIpc) is 3.51. The van der Waals surface area contributed by atoms with Crippen molar-refractivity contribution < 1.29 is 37.0 Å². The average molecular weight is 648 g/mol. The largest absolute Gasteiger partial charge is 0.457 e. The molecule has 250 valence electrons. The molecule has 1 heterocycles. The minimum Gasteiger partial charge on any atom is -0.457 e. The van der Waals surface area contributed by atoms with Gasteiger partial charge in [-0.15, -0.1) is 0 Å². The Balaban J connectivity index is 1.90. The van der Waals surface area contributed by atoms with Crippen molar-refractivity contribution >= 4 is 27.8 Å². The van der Waals surface area contributed by atoms with Crippen molar-refractivity contribution in [2.24, 2.45) is 5.92 Å². The number of nitrogens with zero attached hydrogens (tertiary/aromatic N) is 1. The number of amides is 1. The molecule has 1 amide bonds. The number of nitrogens with one attached hydrogen (secondary N) is 1. The monoisotopic (exact) mass is 647 g/mol. The van der Waals surface area contributed by atoms with Gasteiger partial charge in [0.15, 0.2) is 0 Å². The summed E-state index contributed by atoms with van der Waals surface area (Å²) >= 11 is 0. The van der Waals surface area contributed by atoms with Gasteiger partial charge in [-0.1, -0.05) is 70.4 Å². The van der Waals surface area contributed by atoms with Crippen LogP contribution in [0.3, 0.4) is 0 Å². The standard InChI is InChI=1S/C33H49N3O8S/c1-4-5-6-10-18-41-24-32(37)44-31(22-36(21-25(2)3)45(39,40)29-15-13-27(34)14-16-29)30(20-26-11-8-7-9-12-26)35-33(38)43-28-17-19-42-23-28/h7-9,11-16,25,28,30-31H,4-6,10,17-24,34H2,1-3H3,(H,35,38)/t28-,30-,31+/m0/s1. The molecule has 1 saturated heterocycles. The highest BCUT2D eigenvalue weighted by molar-refractivity contribution is 7.89. The Morgan fingerprint density at radius 3 is 2.42 bits per heavy atom. The number of rotatable bonds is 19. The molecule has 2 aromatic carbocycles. The molecule has 1 fully saturated rings. The lowest BCUT2D eigenvalue weighted by molar-refractivity contribution is -0.156. The summed E-state index contributed by atoms with van der Waals surface area (Å²) in [5.41, 5.74) is 7.11. The maximum atomic E-state index is 13.9. The van der Waals surface area contributed by atoms with E-state index in [-0.39, 0.29) is 36.9 Å². The number of hydrogen-bond acceptors (Lipinski definition) is 9. The first-order valence-electron chi connectivity index (χ1n) is 15.8. The second-order valence-electron chi connectivity index (χ2n) is 11.8. The van der Waals surface area contributed by atoms with Crippen molar-refractivity contribution in [2.75, 3.05) is 45.3 Å². The molecule has 3 atom stereocenters. The molecule has 12 heteroatoms. The van der Waals surface area contributed by atoms with E-state index < -0.39 is 40.3 Å². The van der Waals surface area contributed by atoms with Crippen LogP contribution in [-0.4, -0.2) is 82.6 Å². The summed E-state index contributed by atoms with van der Waals surface area (Å²) in [6.45, 7) is 6.77. The van der Waals surface area contributed by atoms with Gasteiger partial charge in [0.05, 0.1) is 30.7 Å².